The van der Waals surface area contributed by atoms with Crippen molar-refractivity contribution in [3.63, 3.8) is 0 Å². The molecule has 6 heteroatoms. The maximum Gasteiger partial charge on any atom is 0.317 e. The van der Waals surface area contributed by atoms with E-state index in [1.165, 1.54) is 11.3 Å². The number of hydrogen-bond donors (Lipinski definition) is 1. The topological polar surface area (TPSA) is 43.8 Å². The van der Waals surface area contributed by atoms with E-state index in [0.29, 0.717) is 0 Å². The van der Waals surface area contributed by atoms with Gasteiger partial charge in [-0.1, -0.05) is 11.6 Å². The van der Waals surface area contributed by atoms with Crippen LogP contribution < -0.4 is 0 Å². The van der Waals surface area contributed by atoms with Crippen molar-refractivity contribution in [3.8, 4) is 0 Å². The number of carboxylic acids is 1. The standard InChI is InChI=1S/C12H19ClN2O2S/c1-9(10-4-5-11(13)18-10)15(8-12(16)17)7-6-14(2)3/h4-5,9H,6-8H2,1-3H3,(H,16,17). The smallest absolute Gasteiger partial charge is 0.317 e. The molecule has 0 aromatic carbocycles. The number of carboxylic acid groups (broad SMARTS) is 1. The van der Waals surface area contributed by atoms with E-state index < -0.39 is 5.97 Å². The van der Waals surface area contributed by atoms with Crippen LogP contribution in [0.5, 0.6) is 0 Å². The lowest BCUT2D eigenvalue weighted by Crippen LogP contribution is -2.37. The van der Waals surface area contributed by atoms with Crippen LogP contribution >= 0.6 is 22.9 Å². The Hall–Kier alpha value is -0.620. The number of carbonyl (C=O) groups is 1. The van der Waals surface area contributed by atoms with Crippen LogP contribution in [0.3, 0.4) is 0 Å². The Morgan fingerprint density at radius 2 is 2.11 bits per heavy atom. The van der Waals surface area contributed by atoms with Gasteiger partial charge in [-0.05, 0) is 33.2 Å². The second kappa shape index (κ2) is 7.09. The zero-order chi connectivity index (χ0) is 13.7. The average Bonchev–Trinajstić information content (AvgIpc) is 2.69. The van der Waals surface area contributed by atoms with E-state index in [-0.39, 0.29) is 12.6 Å². The van der Waals surface area contributed by atoms with Crippen molar-refractivity contribution < 1.29 is 9.90 Å². The van der Waals surface area contributed by atoms with Gasteiger partial charge in [-0.15, -0.1) is 11.3 Å². The zero-order valence-electron chi connectivity index (χ0n) is 10.9. The summed E-state index contributed by atoms with van der Waals surface area (Å²) >= 11 is 7.42. The maximum atomic E-state index is 10.9. The molecule has 1 unspecified atom stereocenters. The summed E-state index contributed by atoms with van der Waals surface area (Å²) in [6.45, 7) is 3.61. The molecule has 0 radical (unpaired) electrons. The molecule has 0 fully saturated rings. The van der Waals surface area contributed by atoms with Gasteiger partial charge in [-0.2, -0.15) is 0 Å². The second-order valence-corrected chi connectivity index (χ2v) is 6.23. The van der Waals surface area contributed by atoms with Gasteiger partial charge in [0.15, 0.2) is 0 Å². The van der Waals surface area contributed by atoms with Crippen LogP contribution in [0.2, 0.25) is 4.34 Å². The number of rotatable bonds is 7. The predicted octanol–water partition coefficient (Wildman–Crippen LogP) is 2.41. The Kier molecular flexibility index (Phi) is 6.08. The fraction of sp³-hybridized carbons (Fsp3) is 0.583. The first-order chi connectivity index (χ1) is 8.40. The summed E-state index contributed by atoms with van der Waals surface area (Å²) in [5.41, 5.74) is 0. The molecule has 0 spiro atoms. The molecule has 0 aliphatic heterocycles. The number of halogens is 1. The van der Waals surface area contributed by atoms with Gasteiger partial charge in [0.05, 0.1) is 10.9 Å². The van der Waals surface area contributed by atoms with Crippen molar-refractivity contribution in [2.75, 3.05) is 33.7 Å². The third kappa shape index (κ3) is 4.94. The fourth-order valence-corrected chi connectivity index (χ4v) is 2.79. The monoisotopic (exact) mass is 290 g/mol. The van der Waals surface area contributed by atoms with Crippen molar-refractivity contribution in [3.05, 3.63) is 21.3 Å². The molecule has 0 saturated carbocycles. The normalized spacial score (nSPS) is 13.2. The molecule has 0 amide bonds. The summed E-state index contributed by atoms with van der Waals surface area (Å²) in [6, 6.07) is 3.88. The highest BCUT2D eigenvalue weighted by atomic mass is 35.5. The third-order valence-corrected chi connectivity index (χ3v) is 4.13. The maximum absolute atomic E-state index is 10.9. The Morgan fingerprint density at radius 3 is 2.56 bits per heavy atom. The van der Waals surface area contributed by atoms with E-state index in [9.17, 15) is 4.79 Å². The van der Waals surface area contributed by atoms with Gasteiger partial charge >= 0.3 is 5.97 Å². The average molecular weight is 291 g/mol. The van der Waals surface area contributed by atoms with Crippen LogP contribution in [0.15, 0.2) is 12.1 Å². The van der Waals surface area contributed by atoms with Crippen LogP contribution in [0.1, 0.15) is 17.8 Å². The Bertz CT molecular complexity index is 395. The minimum Gasteiger partial charge on any atom is -0.480 e. The Labute approximate surface area is 117 Å². The SMILES string of the molecule is CC(c1ccc(Cl)s1)N(CCN(C)C)CC(=O)O. The molecule has 1 aromatic rings. The fourth-order valence-electron chi connectivity index (χ4n) is 1.64. The predicted molar refractivity (Wildman–Crippen MR) is 75.5 cm³/mol. The van der Waals surface area contributed by atoms with Gasteiger partial charge in [-0.25, -0.2) is 0 Å². The van der Waals surface area contributed by atoms with Gasteiger partial charge < -0.3 is 10.0 Å². The molecular weight excluding hydrogens is 272 g/mol. The van der Waals surface area contributed by atoms with Crippen molar-refractivity contribution >= 4 is 28.9 Å². The highest BCUT2D eigenvalue weighted by Crippen LogP contribution is 2.30. The number of aliphatic carboxylic acids is 1. The molecule has 0 aliphatic carbocycles. The van der Waals surface area contributed by atoms with Crippen molar-refractivity contribution in [1.29, 1.82) is 0 Å². The highest BCUT2D eigenvalue weighted by Gasteiger charge is 2.19. The highest BCUT2D eigenvalue weighted by molar-refractivity contribution is 7.16. The zero-order valence-corrected chi connectivity index (χ0v) is 12.5. The first kappa shape index (κ1) is 15.4. The largest absolute Gasteiger partial charge is 0.480 e. The van der Waals surface area contributed by atoms with E-state index >= 15 is 0 Å². The van der Waals surface area contributed by atoms with Crippen LogP contribution in [0.25, 0.3) is 0 Å². The summed E-state index contributed by atoms with van der Waals surface area (Å²) in [5.74, 6) is -0.803. The Morgan fingerprint density at radius 1 is 1.44 bits per heavy atom. The summed E-state index contributed by atoms with van der Waals surface area (Å²) in [6.07, 6.45) is 0. The van der Waals surface area contributed by atoms with Crippen LogP contribution in [0, 0.1) is 0 Å². The molecule has 1 N–H and O–H groups in total. The van der Waals surface area contributed by atoms with Crippen LogP contribution in [0.4, 0.5) is 0 Å². The van der Waals surface area contributed by atoms with Crippen LogP contribution in [-0.2, 0) is 4.79 Å². The molecule has 1 rings (SSSR count). The first-order valence-corrected chi connectivity index (χ1v) is 6.95. The number of likely N-dealkylation sites (N-methyl/N-ethyl adjacent to an activating group) is 1. The molecule has 0 aliphatic rings. The number of nitrogens with zero attached hydrogens (tertiary/aromatic N) is 2. The van der Waals surface area contributed by atoms with E-state index in [1.54, 1.807) is 0 Å². The van der Waals surface area contributed by atoms with E-state index in [4.69, 9.17) is 16.7 Å². The second-order valence-electron chi connectivity index (χ2n) is 4.49. The van der Waals surface area contributed by atoms with Gasteiger partial charge in [0, 0.05) is 24.0 Å². The Balaban J connectivity index is 2.71. The van der Waals surface area contributed by atoms with Gasteiger partial charge in [0.25, 0.3) is 0 Å². The molecule has 102 valence electrons. The molecule has 18 heavy (non-hydrogen) atoms. The van der Waals surface area contributed by atoms with E-state index in [1.807, 2.05) is 43.0 Å². The van der Waals surface area contributed by atoms with Gasteiger partial charge in [0.2, 0.25) is 0 Å². The van der Waals surface area contributed by atoms with E-state index in [2.05, 4.69) is 0 Å². The van der Waals surface area contributed by atoms with Gasteiger partial charge in [-0.3, -0.25) is 9.69 Å². The van der Waals surface area contributed by atoms with E-state index in [0.717, 1.165) is 22.3 Å². The quantitative estimate of drug-likeness (QED) is 0.837. The summed E-state index contributed by atoms with van der Waals surface area (Å²) < 4.78 is 0.736. The minimum atomic E-state index is -0.803. The summed E-state index contributed by atoms with van der Waals surface area (Å²) in [5, 5.41) is 8.97. The molecule has 0 saturated heterocycles. The van der Waals surface area contributed by atoms with Crippen LogP contribution in [-0.4, -0.2) is 54.6 Å². The van der Waals surface area contributed by atoms with Crippen molar-refractivity contribution in [1.82, 2.24) is 9.80 Å². The lowest BCUT2D eigenvalue weighted by atomic mass is 10.2. The number of thiophene rings is 1. The minimum absolute atomic E-state index is 0.0462. The third-order valence-electron chi connectivity index (χ3n) is 2.73. The summed E-state index contributed by atoms with van der Waals surface area (Å²) in [7, 11) is 3.96. The molecule has 1 heterocycles. The first-order valence-electron chi connectivity index (χ1n) is 5.76. The lowest BCUT2D eigenvalue weighted by Gasteiger charge is -2.28. The molecule has 1 aromatic heterocycles. The lowest BCUT2D eigenvalue weighted by molar-refractivity contribution is -0.138. The molecule has 4 nitrogen and oxygen atoms in total. The molecular formula is C12H19ClN2O2S. The van der Waals surface area contributed by atoms with Gasteiger partial charge in [0.1, 0.15) is 0 Å². The molecule has 0 bridgehead atoms. The summed E-state index contributed by atoms with van der Waals surface area (Å²) in [4.78, 5) is 16.0. The van der Waals surface area contributed by atoms with Crippen molar-refractivity contribution in [2.45, 2.75) is 13.0 Å². The number of hydrogen-bond acceptors (Lipinski definition) is 4. The molecule has 1 atom stereocenters. The van der Waals surface area contributed by atoms with Crippen molar-refractivity contribution in [2.24, 2.45) is 0 Å².